The Labute approximate surface area is 191 Å². The summed E-state index contributed by atoms with van der Waals surface area (Å²) in [6.45, 7) is 4.27. The maximum absolute atomic E-state index is 13.5. The Morgan fingerprint density at radius 3 is 2.18 bits per heavy atom. The molecule has 2 heterocycles. The topological polar surface area (TPSA) is 72.3 Å². The van der Waals surface area contributed by atoms with Gasteiger partial charge in [-0.1, -0.05) is 36.4 Å². The second-order valence-electron chi connectivity index (χ2n) is 8.32. The number of fused-ring (bicyclic) bond motifs is 2. The highest BCUT2D eigenvalue weighted by Crippen LogP contribution is 2.24. The van der Waals surface area contributed by atoms with E-state index in [9.17, 15) is 14.4 Å². The van der Waals surface area contributed by atoms with Crippen LogP contribution < -0.4 is 5.56 Å². The molecule has 1 aliphatic heterocycles. The lowest BCUT2D eigenvalue weighted by Gasteiger charge is -2.18. The molecule has 0 atom stereocenters. The first-order chi connectivity index (χ1) is 16.0. The lowest BCUT2D eigenvalue weighted by Crippen LogP contribution is -2.31. The average molecular weight is 437 g/mol. The number of rotatable bonds is 5. The molecule has 164 valence electrons. The number of carbonyl (C=O) groups excluding carboxylic acids is 2. The smallest absolute Gasteiger partial charge is 0.265 e. The number of amides is 2. The van der Waals surface area contributed by atoms with Gasteiger partial charge in [-0.2, -0.15) is 0 Å². The maximum atomic E-state index is 13.5. The molecule has 33 heavy (non-hydrogen) atoms. The monoisotopic (exact) mass is 437 g/mol. The number of benzene rings is 3. The van der Waals surface area contributed by atoms with Gasteiger partial charge in [-0.15, -0.1) is 0 Å². The van der Waals surface area contributed by atoms with Crippen molar-refractivity contribution in [1.29, 1.82) is 0 Å². The van der Waals surface area contributed by atoms with Crippen LogP contribution in [0.5, 0.6) is 0 Å². The quantitative estimate of drug-likeness (QED) is 0.438. The molecule has 0 aliphatic carbocycles. The third kappa shape index (κ3) is 3.44. The number of carbonyl (C=O) groups is 2. The second-order valence-corrected chi connectivity index (χ2v) is 8.32. The van der Waals surface area contributed by atoms with E-state index in [0.29, 0.717) is 40.7 Å². The van der Waals surface area contributed by atoms with Gasteiger partial charge in [0.25, 0.3) is 17.4 Å². The molecule has 6 nitrogen and oxygen atoms in total. The number of aryl methyl sites for hydroxylation is 2. The normalized spacial score (nSPS) is 13.1. The van der Waals surface area contributed by atoms with Crippen molar-refractivity contribution in [2.75, 3.05) is 6.54 Å². The minimum atomic E-state index is -0.269. The molecule has 0 fully saturated rings. The Kier molecular flexibility index (Phi) is 5.13. The van der Waals surface area contributed by atoms with Gasteiger partial charge in [-0.05, 0) is 61.7 Å². The van der Waals surface area contributed by atoms with Crippen LogP contribution in [0.1, 0.15) is 44.1 Å². The summed E-state index contributed by atoms with van der Waals surface area (Å²) in [5.41, 5.74) is 4.30. The first-order valence-electron chi connectivity index (χ1n) is 11.0. The highest BCUT2D eigenvalue weighted by Gasteiger charge is 2.34. The van der Waals surface area contributed by atoms with Crippen LogP contribution in [0.4, 0.5) is 0 Å². The van der Waals surface area contributed by atoms with E-state index in [0.717, 1.165) is 16.8 Å². The van der Waals surface area contributed by atoms with E-state index in [2.05, 4.69) is 0 Å². The van der Waals surface area contributed by atoms with Crippen molar-refractivity contribution in [2.24, 2.45) is 0 Å². The van der Waals surface area contributed by atoms with Crippen LogP contribution >= 0.6 is 0 Å². The highest BCUT2D eigenvalue weighted by atomic mass is 16.2. The summed E-state index contributed by atoms with van der Waals surface area (Å²) in [6.07, 6.45) is 0.946. The van der Waals surface area contributed by atoms with Crippen LogP contribution in [0.2, 0.25) is 0 Å². The lowest BCUT2D eigenvalue weighted by molar-refractivity contribution is 0.0652. The van der Waals surface area contributed by atoms with E-state index < -0.39 is 0 Å². The zero-order valence-electron chi connectivity index (χ0n) is 18.5. The number of imide groups is 1. The molecule has 1 aromatic heterocycles. The lowest BCUT2D eigenvalue weighted by atomic mass is 10.1. The number of aromatic nitrogens is 2. The molecule has 0 spiro atoms. The summed E-state index contributed by atoms with van der Waals surface area (Å²) < 4.78 is 1.67. The fraction of sp³-hybridized carbons (Fsp3) is 0.185. The van der Waals surface area contributed by atoms with Gasteiger partial charge < -0.3 is 0 Å². The zero-order valence-corrected chi connectivity index (χ0v) is 18.5. The predicted molar refractivity (Wildman–Crippen MR) is 127 cm³/mol. The fourth-order valence-corrected chi connectivity index (χ4v) is 4.41. The van der Waals surface area contributed by atoms with E-state index in [1.165, 1.54) is 4.90 Å². The summed E-state index contributed by atoms with van der Waals surface area (Å²) in [7, 11) is 0. The third-order valence-electron chi connectivity index (χ3n) is 6.32. The molecule has 0 saturated heterocycles. The van der Waals surface area contributed by atoms with Crippen molar-refractivity contribution >= 4 is 22.7 Å². The van der Waals surface area contributed by atoms with Crippen LogP contribution in [0.3, 0.4) is 0 Å². The molecule has 1 aliphatic rings. The van der Waals surface area contributed by atoms with Crippen LogP contribution in [-0.4, -0.2) is 32.8 Å². The van der Waals surface area contributed by atoms with Crippen molar-refractivity contribution in [3.8, 4) is 5.69 Å². The molecule has 2 amide bonds. The van der Waals surface area contributed by atoms with Crippen LogP contribution in [-0.2, 0) is 6.42 Å². The molecule has 0 saturated carbocycles. The molecule has 5 rings (SSSR count). The molecule has 0 bridgehead atoms. The standard InChI is InChI=1S/C27H23N3O3/c1-17-9-7-14-23(18(17)2)30-24(28-22-13-6-5-12-21(22)27(30)33)15-8-16-29-25(31)19-10-3-4-11-20(19)26(29)32/h3-7,9-14H,8,15-16H2,1-2H3. The van der Waals surface area contributed by atoms with Crippen LogP contribution in [0.15, 0.2) is 71.5 Å². The Hall–Kier alpha value is -4.06. The number of para-hydroxylation sites is 1. The zero-order chi connectivity index (χ0) is 23.1. The summed E-state index contributed by atoms with van der Waals surface area (Å²) in [5.74, 6) is 0.0759. The summed E-state index contributed by atoms with van der Waals surface area (Å²) >= 11 is 0. The summed E-state index contributed by atoms with van der Waals surface area (Å²) in [6, 6.07) is 20.1. The number of hydrogen-bond acceptors (Lipinski definition) is 4. The van der Waals surface area contributed by atoms with E-state index in [1.807, 2.05) is 50.2 Å². The predicted octanol–water partition coefficient (Wildman–Crippen LogP) is 4.23. The SMILES string of the molecule is Cc1cccc(-n2c(CCCN3C(=O)c4ccccc4C3=O)nc3ccccc3c2=O)c1C. The number of nitrogens with zero attached hydrogens (tertiary/aromatic N) is 3. The van der Waals surface area contributed by atoms with Crippen molar-refractivity contribution < 1.29 is 9.59 Å². The summed E-state index contributed by atoms with van der Waals surface area (Å²) in [4.78, 5) is 44.9. The van der Waals surface area contributed by atoms with Gasteiger partial charge in [-0.25, -0.2) is 4.98 Å². The third-order valence-corrected chi connectivity index (χ3v) is 6.32. The molecular formula is C27H23N3O3. The summed E-state index contributed by atoms with van der Waals surface area (Å²) in [5, 5.41) is 0.558. The molecule has 4 aromatic rings. The Morgan fingerprint density at radius 1 is 0.788 bits per heavy atom. The molecule has 0 unspecified atom stereocenters. The molecule has 0 N–H and O–H groups in total. The fourth-order valence-electron chi connectivity index (χ4n) is 4.41. The Balaban J connectivity index is 1.50. The van der Waals surface area contributed by atoms with Crippen molar-refractivity contribution in [3.05, 3.63) is 105 Å². The van der Waals surface area contributed by atoms with Crippen molar-refractivity contribution in [2.45, 2.75) is 26.7 Å². The van der Waals surface area contributed by atoms with E-state index in [1.54, 1.807) is 34.9 Å². The Morgan fingerprint density at radius 2 is 1.45 bits per heavy atom. The van der Waals surface area contributed by atoms with Gasteiger partial charge in [0.2, 0.25) is 0 Å². The van der Waals surface area contributed by atoms with Crippen LogP contribution in [0, 0.1) is 13.8 Å². The highest BCUT2D eigenvalue weighted by molar-refractivity contribution is 6.21. The largest absolute Gasteiger partial charge is 0.274 e. The van der Waals surface area contributed by atoms with E-state index in [-0.39, 0.29) is 23.9 Å². The number of hydrogen-bond donors (Lipinski definition) is 0. The molecule has 3 aromatic carbocycles. The Bertz CT molecular complexity index is 1450. The van der Waals surface area contributed by atoms with Crippen LogP contribution in [0.25, 0.3) is 16.6 Å². The minimum Gasteiger partial charge on any atom is -0.274 e. The van der Waals surface area contributed by atoms with Gasteiger partial charge in [0.15, 0.2) is 0 Å². The average Bonchev–Trinajstić information content (AvgIpc) is 3.07. The maximum Gasteiger partial charge on any atom is 0.265 e. The van der Waals surface area contributed by atoms with Gasteiger partial charge in [0, 0.05) is 13.0 Å². The molecule has 6 heteroatoms. The van der Waals surface area contributed by atoms with Gasteiger partial charge >= 0.3 is 0 Å². The van der Waals surface area contributed by atoms with E-state index >= 15 is 0 Å². The first-order valence-corrected chi connectivity index (χ1v) is 11.0. The second kappa shape index (κ2) is 8.13. The van der Waals surface area contributed by atoms with Gasteiger partial charge in [-0.3, -0.25) is 23.9 Å². The molecule has 0 radical (unpaired) electrons. The van der Waals surface area contributed by atoms with Gasteiger partial charge in [0.05, 0.1) is 27.7 Å². The first kappa shape index (κ1) is 20.8. The van der Waals surface area contributed by atoms with Crippen molar-refractivity contribution in [3.63, 3.8) is 0 Å². The van der Waals surface area contributed by atoms with E-state index in [4.69, 9.17) is 4.98 Å². The van der Waals surface area contributed by atoms with Gasteiger partial charge in [0.1, 0.15) is 5.82 Å². The van der Waals surface area contributed by atoms with Crippen molar-refractivity contribution in [1.82, 2.24) is 14.5 Å². The molecular weight excluding hydrogens is 414 g/mol. The minimum absolute atomic E-state index is 0.120.